The first-order chi connectivity index (χ1) is 10.5. The zero-order chi connectivity index (χ0) is 16.1. The maximum atomic E-state index is 12.0. The zero-order valence-electron chi connectivity index (χ0n) is 12.7. The fourth-order valence-corrected chi connectivity index (χ4v) is 2.28. The normalized spacial score (nSPS) is 10.2. The van der Waals surface area contributed by atoms with E-state index < -0.39 is 0 Å². The average molecular weight is 364 g/mol. The number of aromatic nitrogens is 2. The lowest BCUT2D eigenvalue weighted by Crippen LogP contribution is -2.23. The Morgan fingerprint density at radius 1 is 1.32 bits per heavy atom. The van der Waals surface area contributed by atoms with E-state index >= 15 is 0 Å². The molecule has 2 rings (SSSR count). The molecule has 0 aliphatic rings. The molecule has 1 aromatic heterocycles. The van der Waals surface area contributed by atoms with E-state index in [1.807, 2.05) is 44.1 Å². The van der Waals surface area contributed by atoms with Gasteiger partial charge >= 0.3 is 0 Å². The highest BCUT2D eigenvalue weighted by molar-refractivity contribution is 9.10. The summed E-state index contributed by atoms with van der Waals surface area (Å²) in [6.45, 7) is 2.05. The number of nitrogens with zero attached hydrogens (tertiary/aromatic N) is 3. The van der Waals surface area contributed by atoms with Gasteiger partial charge in [0.1, 0.15) is 5.82 Å². The van der Waals surface area contributed by atoms with Crippen molar-refractivity contribution < 1.29 is 4.79 Å². The molecule has 0 atom stereocenters. The predicted octanol–water partition coefficient (Wildman–Crippen LogP) is 2.66. The summed E-state index contributed by atoms with van der Waals surface area (Å²) in [6, 6.07) is 7.50. The van der Waals surface area contributed by atoms with E-state index in [1.54, 1.807) is 12.3 Å². The van der Waals surface area contributed by atoms with Crippen LogP contribution >= 0.6 is 15.9 Å². The van der Waals surface area contributed by atoms with Crippen molar-refractivity contribution in [2.75, 3.05) is 36.2 Å². The molecule has 0 spiro atoms. The predicted molar refractivity (Wildman–Crippen MR) is 92.4 cm³/mol. The van der Waals surface area contributed by atoms with Gasteiger partial charge in [-0.1, -0.05) is 15.9 Å². The molecule has 0 radical (unpaired) electrons. The first kappa shape index (κ1) is 16.2. The van der Waals surface area contributed by atoms with E-state index in [0.717, 1.165) is 21.5 Å². The molecule has 0 saturated heterocycles. The average Bonchev–Trinajstić information content (AvgIpc) is 2.48. The second kappa shape index (κ2) is 7.22. The van der Waals surface area contributed by atoms with Crippen LogP contribution in [-0.2, 0) is 4.79 Å². The second-order valence-electron chi connectivity index (χ2n) is 4.99. The molecule has 1 heterocycles. The third-order valence-electron chi connectivity index (χ3n) is 2.97. The number of anilines is 3. The van der Waals surface area contributed by atoms with Crippen LogP contribution in [0, 0.1) is 6.92 Å². The Hall–Kier alpha value is -2.15. The standard InChI is InChI=1S/C15H18BrN5O/c1-10-8-11(16)4-5-12(10)19-14(22)9-18-15-17-7-6-13(20-15)21(2)3/h4-8H,9H2,1-3H3,(H,19,22)(H,17,18,20). The van der Waals surface area contributed by atoms with Crippen LogP contribution in [0.15, 0.2) is 34.9 Å². The minimum atomic E-state index is -0.149. The van der Waals surface area contributed by atoms with Crippen molar-refractivity contribution >= 4 is 39.3 Å². The Morgan fingerprint density at radius 3 is 2.77 bits per heavy atom. The molecule has 1 aromatic carbocycles. The number of halogens is 1. The highest BCUT2D eigenvalue weighted by atomic mass is 79.9. The summed E-state index contributed by atoms with van der Waals surface area (Å²) in [4.78, 5) is 22.3. The monoisotopic (exact) mass is 363 g/mol. The Labute approximate surface area is 138 Å². The Morgan fingerprint density at radius 2 is 2.09 bits per heavy atom. The van der Waals surface area contributed by atoms with E-state index in [1.165, 1.54) is 0 Å². The van der Waals surface area contributed by atoms with Crippen molar-refractivity contribution in [2.45, 2.75) is 6.92 Å². The summed E-state index contributed by atoms with van der Waals surface area (Å²) in [7, 11) is 3.80. The molecule has 116 valence electrons. The topological polar surface area (TPSA) is 70.2 Å². The summed E-state index contributed by atoms with van der Waals surface area (Å²) in [6.07, 6.45) is 1.65. The van der Waals surface area contributed by atoms with Crippen molar-refractivity contribution in [1.82, 2.24) is 9.97 Å². The fourth-order valence-electron chi connectivity index (χ4n) is 1.80. The summed E-state index contributed by atoms with van der Waals surface area (Å²) >= 11 is 3.40. The summed E-state index contributed by atoms with van der Waals surface area (Å²) < 4.78 is 0.982. The maximum absolute atomic E-state index is 12.0. The summed E-state index contributed by atoms with van der Waals surface area (Å²) in [5.41, 5.74) is 1.78. The van der Waals surface area contributed by atoms with Gasteiger partial charge in [0, 0.05) is 30.5 Å². The molecule has 6 nitrogen and oxygen atoms in total. The van der Waals surface area contributed by atoms with Crippen molar-refractivity contribution in [3.05, 3.63) is 40.5 Å². The molecule has 7 heteroatoms. The van der Waals surface area contributed by atoms with Crippen LogP contribution < -0.4 is 15.5 Å². The van der Waals surface area contributed by atoms with Gasteiger partial charge < -0.3 is 15.5 Å². The third kappa shape index (κ3) is 4.42. The van der Waals surface area contributed by atoms with Gasteiger partial charge in [0.2, 0.25) is 11.9 Å². The van der Waals surface area contributed by atoms with Gasteiger partial charge in [-0.3, -0.25) is 4.79 Å². The van der Waals surface area contributed by atoms with Gasteiger partial charge in [0.05, 0.1) is 6.54 Å². The number of aryl methyl sites for hydroxylation is 1. The molecular weight excluding hydrogens is 346 g/mol. The zero-order valence-corrected chi connectivity index (χ0v) is 14.3. The number of benzene rings is 1. The minimum Gasteiger partial charge on any atom is -0.363 e. The van der Waals surface area contributed by atoms with E-state index in [-0.39, 0.29) is 12.5 Å². The molecule has 22 heavy (non-hydrogen) atoms. The number of rotatable bonds is 5. The minimum absolute atomic E-state index is 0.104. The van der Waals surface area contributed by atoms with Gasteiger partial charge in [0.25, 0.3) is 0 Å². The van der Waals surface area contributed by atoms with Crippen molar-refractivity contribution in [2.24, 2.45) is 0 Å². The summed E-state index contributed by atoms with van der Waals surface area (Å²) in [5, 5.41) is 5.78. The fraction of sp³-hybridized carbons (Fsp3) is 0.267. The quantitative estimate of drug-likeness (QED) is 0.854. The van der Waals surface area contributed by atoms with Crippen LogP contribution in [0.2, 0.25) is 0 Å². The van der Waals surface area contributed by atoms with Gasteiger partial charge in [-0.15, -0.1) is 0 Å². The van der Waals surface area contributed by atoms with Crippen LogP contribution in [0.25, 0.3) is 0 Å². The van der Waals surface area contributed by atoms with E-state index in [4.69, 9.17) is 0 Å². The lowest BCUT2D eigenvalue weighted by Gasteiger charge is -2.12. The number of nitrogens with one attached hydrogen (secondary N) is 2. The molecule has 0 saturated carbocycles. The number of amides is 1. The van der Waals surface area contributed by atoms with Gasteiger partial charge in [-0.2, -0.15) is 4.98 Å². The van der Waals surface area contributed by atoms with Crippen molar-refractivity contribution in [1.29, 1.82) is 0 Å². The second-order valence-corrected chi connectivity index (χ2v) is 5.91. The molecule has 2 aromatic rings. The largest absolute Gasteiger partial charge is 0.363 e. The molecule has 0 bridgehead atoms. The molecule has 0 unspecified atom stereocenters. The first-order valence-corrected chi connectivity index (χ1v) is 7.55. The van der Waals surface area contributed by atoms with Crippen LogP contribution in [0.3, 0.4) is 0 Å². The van der Waals surface area contributed by atoms with Gasteiger partial charge in [-0.05, 0) is 36.8 Å². The molecule has 1 amide bonds. The highest BCUT2D eigenvalue weighted by Gasteiger charge is 2.07. The van der Waals surface area contributed by atoms with E-state index in [2.05, 4.69) is 36.5 Å². The maximum Gasteiger partial charge on any atom is 0.243 e. The first-order valence-electron chi connectivity index (χ1n) is 6.76. The number of hydrogen-bond donors (Lipinski definition) is 2. The SMILES string of the molecule is Cc1cc(Br)ccc1NC(=O)CNc1nccc(N(C)C)n1. The van der Waals surface area contributed by atoms with E-state index in [9.17, 15) is 4.79 Å². The van der Waals surface area contributed by atoms with E-state index in [0.29, 0.717) is 5.95 Å². The molecule has 0 aliphatic heterocycles. The number of hydrogen-bond acceptors (Lipinski definition) is 5. The van der Waals surface area contributed by atoms with Crippen molar-refractivity contribution in [3.8, 4) is 0 Å². The van der Waals surface area contributed by atoms with Crippen molar-refractivity contribution in [3.63, 3.8) is 0 Å². The number of carbonyl (C=O) groups is 1. The Kier molecular flexibility index (Phi) is 5.32. The van der Waals surface area contributed by atoms with Crippen LogP contribution in [-0.4, -0.2) is 36.5 Å². The molecular formula is C15H18BrN5O. The molecule has 2 N–H and O–H groups in total. The highest BCUT2D eigenvalue weighted by Crippen LogP contribution is 2.19. The molecule has 0 fully saturated rings. The van der Waals surface area contributed by atoms with Crippen LogP contribution in [0.5, 0.6) is 0 Å². The Bertz CT molecular complexity index is 675. The lowest BCUT2D eigenvalue weighted by molar-refractivity contribution is -0.114. The van der Waals surface area contributed by atoms with Gasteiger partial charge in [-0.25, -0.2) is 4.98 Å². The van der Waals surface area contributed by atoms with Gasteiger partial charge in [0.15, 0.2) is 0 Å². The van der Waals surface area contributed by atoms with Crippen LogP contribution in [0.1, 0.15) is 5.56 Å². The number of carbonyl (C=O) groups excluding carboxylic acids is 1. The smallest absolute Gasteiger partial charge is 0.243 e. The lowest BCUT2D eigenvalue weighted by atomic mass is 10.2. The third-order valence-corrected chi connectivity index (χ3v) is 3.46. The van der Waals surface area contributed by atoms with Crippen LogP contribution in [0.4, 0.5) is 17.5 Å². The Balaban J connectivity index is 1.94. The molecule has 0 aliphatic carbocycles. The summed E-state index contributed by atoms with van der Waals surface area (Å²) in [5.74, 6) is 1.06.